The van der Waals surface area contributed by atoms with Crippen LogP contribution < -0.4 is 0 Å². The van der Waals surface area contributed by atoms with Crippen LogP contribution in [0.5, 0.6) is 0 Å². The molecule has 1 aromatic heterocycles. The summed E-state index contributed by atoms with van der Waals surface area (Å²) < 4.78 is 0. The zero-order valence-corrected chi connectivity index (χ0v) is 12.9. The van der Waals surface area contributed by atoms with Crippen LogP contribution in [-0.2, 0) is 11.2 Å². The number of pyridine rings is 1. The maximum absolute atomic E-state index is 12.0. The molecule has 0 unspecified atom stereocenters. The van der Waals surface area contributed by atoms with Gasteiger partial charge in [-0.2, -0.15) is 0 Å². The van der Waals surface area contributed by atoms with Crippen LogP contribution in [0.1, 0.15) is 15.9 Å². The number of halogens is 2. The van der Waals surface area contributed by atoms with E-state index < -0.39 is 5.97 Å². The number of aromatic carboxylic acids is 1. The van der Waals surface area contributed by atoms with Crippen LogP contribution >= 0.6 is 35.0 Å². The van der Waals surface area contributed by atoms with E-state index in [0.717, 1.165) is 11.8 Å². The van der Waals surface area contributed by atoms with Crippen LogP contribution in [0.15, 0.2) is 41.6 Å². The summed E-state index contributed by atoms with van der Waals surface area (Å²) in [6.07, 6.45) is 1.48. The van der Waals surface area contributed by atoms with Crippen LogP contribution in [0.25, 0.3) is 0 Å². The van der Waals surface area contributed by atoms with E-state index in [0.29, 0.717) is 15.6 Å². The van der Waals surface area contributed by atoms with Gasteiger partial charge < -0.3 is 5.11 Å². The first kappa shape index (κ1) is 15.8. The lowest BCUT2D eigenvalue weighted by atomic mass is 10.2. The third-order valence-corrected chi connectivity index (χ3v) is 4.05. The number of carbonyl (C=O) groups excluding carboxylic acids is 1. The summed E-state index contributed by atoms with van der Waals surface area (Å²) in [6, 6.07) is 7.76. The standard InChI is InChI=1S/C14H9Cl2NO3S/c15-9-3-4-11(16)8(6-9)7-12(18)21-13-10(14(19)20)2-1-5-17-13/h1-6H,7H2,(H,19,20). The minimum atomic E-state index is -1.13. The average Bonchev–Trinajstić information content (AvgIpc) is 2.43. The second-order valence-electron chi connectivity index (χ2n) is 4.05. The van der Waals surface area contributed by atoms with Crippen LogP contribution in [0.3, 0.4) is 0 Å². The van der Waals surface area contributed by atoms with Crippen molar-refractivity contribution in [3.8, 4) is 0 Å². The van der Waals surface area contributed by atoms with Gasteiger partial charge >= 0.3 is 5.97 Å². The topological polar surface area (TPSA) is 67.3 Å². The quantitative estimate of drug-likeness (QED) is 0.852. The van der Waals surface area contributed by atoms with Crippen LogP contribution in [0.4, 0.5) is 0 Å². The van der Waals surface area contributed by atoms with Gasteiger partial charge in [-0.25, -0.2) is 9.78 Å². The molecule has 1 aromatic carbocycles. The third kappa shape index (κ3) is 4.20. The fourth-order valence-corrected chi connectivity index (χ4v) is 2.81. The lowest BCUT2D eigenvalue weighted by Gasteiger charge is -2.05. The lowest BCUT2D eigenvalue weighted by molar-refractivity contribution is -0.110. The number of benzene rings is 1. The Bertz CT molecular complexity index is 706. The van der Waals surface area contributed by atoms with Crippen molar-refractivity contribution in [1.82, 2.24) is 4.98 Å². The van der Waals surface area contributed by atoms with E-state index in [-0.39, 0.29) is 22.1 Å². The SMILES string of the molecule is O=C(Cc1cc(Cl)ccc1Cl)Sc1ncccc1C(=O)O. The molecule has 2 aromatic rings. The highest BCUT2D eigenvalue weighted by Crippen LogP contribution is 2.26. The van der Waals surface area contributed by atoms with E-state index >= 15 is 0 Å². The maximum atomic E-state index is 12.0. The second kappa shape index (κ2) is 6.93. The van der Waals surface area contributed by atoms with Crippen molar-refractivity contribution < 1.29 is 14.7 Å². The monoisotopic (exact) mass is 341 g/mol. The van der Waals surface area contributed by atoms with Gasteiger partial charge in [-0.1, -0.05) is 23.2 Å². The Balaban J connectivity index is 2.16. The highest BCUT2D eigenvalue weighted by molar-refractivity contribution is 8.13. The number of carboxylic acid groups (broad SMARTS) is 1. The normalized spacial score (nSPS) is 10.4. The number of nitrogens with zero attached hydrogens (tertiary/aromatic N) is 1. The lowest BCUT2D eigenvalue weighted by Crippen LogP contribution is -2.04. The van der Waals surface area contributed by atoms with Gasteiger partial charge in [0.15, 0.2) is 5.12 Å². The van der Waals surface area contributed by atoms with Crippen molar-refractivity contribution in [2.24, 2.45) is 0 Å². The Hall–Kier alpha value is -1.56. The maximum Gasteiger partial charge on any atom is 0.338 e. The summed E-state index contributed by atoms with van der Waals surface area (Å²) in [4.78, 5) is 27.0. The Labute approximate surface area is 135 Å². The smallest absolute Gasteiger partial charge is 0.338 e. The van der Waals surface area contributed by atoms with E-state index in [9.17, 15) is 9.59 Å². The molecule has 0 amide bonds. The molecule has 0 atom stereocenters. The number of rotatable bonds is 4. The molecular formula is C14H9Cl2NO3S. The van der Waals surface area contributed by atoms with Gasteiger partial charge in [0.05, 0.1) is 5.56 Å². The van der Waals surface area contributed by atoms with Crippen LogP contribution in [0, 0.1) is 0 Å². The fraction of sp³-hybridized carbons (Fsp3) is 0.0714. The summed E-state index contributed by atoms with van der Waals surface area (Å²) in [6.45, 7) is 0. The number of hydrogen-bond donors (Lipinski definition) is 1. The predicted molar refractivity (Wildman–Crippen MR) is 82.2 cm³/mol. The number of carbonyl (C=O) groups is 2. The van der Waals surface area contributed by atoms with Crippen LogP contribution in [-0.4, -0.2) is 21.2 Å². The minimum Gasteiger partial charge on any atom is -0.478 e. The molecule has 0 aliphatic heterocycles. The highest BCUT2D eigenvalue weighted by atomic mass is 35.5. The largest absolute Gasteiger partial charge is 0.478 e. The molecule has 0 aliphatic carbocycles. The summed E-state index contributed by atoms with van der Waals surface area (Å²) >= 11 is 12.6. The van der Waals surface area contributed by atoms with Crippen molar-refractivity contribution in [2.75, 3.05) is 0 Å². The molecule has 0 saturated heterocycles. The van der Waals surface area contributed by atoms with Crippen molar-refractivity contribution in [3.05, 3.63) is 57.7 Å². The molecule has 0 fully saturated rings. The molecule has 1 N–H and O–H groups in total. The van der Waals surface area contributed by atoms with Gasteiger partial charge in [-0.05, 0) is 47.7 Å². The number of aromatic nitrogens is 1. The Morgan fingerprint density at radius 1 is 1.24 bits per heavy atom. The summed E-state index contributed by atoms with van der Waals surface area (Å²) in [5.74, 6) is -1.13. The molecule has 0 bridgehead atoms. The summed E-state index contributed by atoms with van der Waals surface area (Å²) in [5.41, 5.74) is 0.586. The van der Waals surface area contributed by atoms with Gasteiger partial charge in [-0.3, -0.25) is 4.79 Å². The van der Waals surface area contributed by atoms with E-state index in [2.05, 4.69) is 4.98 Å². The molecule has 0 aliphatic rings. The van der Waals surface area contributed by atoms with Crippen molar-refractivity contribution in [1.29, 1.82) is 0 Å². The van der Waals surface area contributed by atoms with Crippen molar-refractivity contribution in [2.45, 2.75) is 11.4 Å². The second-order valence-corrected chi connectivity index (χ2v) is 5.94. The molecule has 0 radical (unpaired) electrons. The fourth-order valence-electron chi connectivity index (χ4n) is 1.61. The molecule has 21 heavy (non-hydrogen) atoms. The first-order chi connectivity index (χ1) is 9.97. The van der Waals surface area contributed by atoms with Gasteiger partial charge in [0.1, 0.15) is 5.03 Å². The number of carboxylic acids is 1. The van der Waals surface area contributed by atoms with Crippen molar-refractivity contribution >= 4 is 46.0 Å². The van der Waals surface area contributed by atoms with E-state index in [1.165, 1.54) is 18.3 Å². The number of thioether (sulfide) groups is 1. The Kier molecular flexibility index (Phi) is 5.22. The summed E-state index contributed by atoms with van der Waals surface area (Å²) in [5, 5.41) is 9.86. The number of hydrogen-bond acceptors (Lipinski definition) is 4. The van der Waals surface area contributed by atoms with Crippen molar-refractivity contribution in [3.63, 3.8) is 0 Å². The predicted octanol–water partition coefficient (Wildman–Crippen LogP) is 3.95. The van der Waals surface area contributed by atoms with E-state index in [1.807, 2.05) is 0 Å². The molecule has 4 nitrogen and oxygen atoms in total. The molecule has 2 rings (SSSR count). The van der Waals surface area contributed by atoms with Crippen LogP contribution in [0.2, 0.25) is 10.0 Å². The minimum absolute atomic E-state index is 0.00644. The molecule has 108 valence electrons. The van der Waals surface area contributed by atoms with Gasteiger partial charge in [0.2, 0.25) is 0 Å². The van der Waals surface area contributed by atoms with Gasteiger partial charge in [0, 0.05) is 22.7 Å². The Morgan fingerprint density at radius 2 is 2.00 bits per heavy atom. The average molecular weight is 342 g/mol. The molecule has 0 spiro atoms. The van der Waals surface area contributed by atoms with Gasteiger partial charge in [0.25, 0.3) is 0 Å². The zero-order valence-electron chi connectivity index (χ0n) is 10.5. The highest BCUT2D eigenvalue weighted by Gasteiger charge is 2.16. The first-order valence-electron chi connectivity index (χ1n) is 5.80. The first-order valence-corrected chi connectivity index (χ1v) is 7.37. The van der Waals surface area contributed by atoms with E-state index in [4.69, 9.17) is 28.3 Å². The third-order valence-electron chi connectivity index (χ3n) is 2.55. The molecule has 1 heterocycles. The zero-order chi connectivity index (χ0) is 15.4. The van der Waals surface area contributed by atoms with Gasteiger partial charge in [-0.15, -0.1) is 0 Å². The van der Waals surface area contributed by atoms with E-state index in [1.54, 1.807) is 18.2 Å². The summed E-state index contributed by atoms with van der Waals surface area (Å²) in [7, 11) is 0. The molecule has 0 saturated carbocycles. The molecule has 7 heteroatoms. The molecular weight excluding hydrogens is 333 g/mol. The Morgan fingerprint density at radius 3 is 2.71 bits per heavy atom.